The van der Waals surface area contributed by atoms with Crippen molar-refractivity contribution >= 4 is 6.34 Å². The zero-order chi connectivity index (χ0) is 4.99. The van der Waals surface area contributed by atoms with Crippen molar-refractivity contribution in [1.82, 2.24) is 0 Å². The van der Waals surface area contributed by atoms with Crippen molar-refractivity contribution in [2.45, 2.75) is 0 Å². The third-order valence-corrected chi connectivity index (χ3v) is 0.146. The van der Waals surface area contributed by atoms with Gasteiger partial charge in [-0.15, -0.1) is 0 Å². The van der Waals surface area contributed by atoms with E-state index in [1.165, 1.54) is 0 Å². The molecule has 0 aliphatic carbocycles. The van der Waals surface area contributed by atoms with Crippen molar-refractivity contribution in [3.8, 4) is 0 Å². The summed E-state index contributed by atoms with van der Waals surface area (Å²) in [5, 5.41) is 18.6. The van der Waals surface area contributed by atoms with Gasteiger partial charge in [-0.1, -0.05) is 0 Å². The van der Waals surface area contributed by atoms with Crippen molar-refractivity contribution in [3.05, 3.63) is 10.1 Å². The van der Waals surface area contributed by atoms with Crippen LogP contribution in [0.25, 0.3) is 0 Å². The van der Waals surface area contributed by atoms with E-state index in [-0.39, 0.29) is 6.34 Å². The van der Waals surface area contributed by atoms with Crippen LogP contribution in [0.3, 0.4) is 0 Å². The molecule has 0 heterocycles. The molecule has 0 aliphatic rings. The fourth-order valence-electron chi connectivity index (χ4n) is 0.0422. The third-order valence-electron chi connectivity index (χ3n) is 0.146. The summed E-state index contributed by atoms with van der Waals surface area (Å²) in [6, 6.07) is 0. The molecular formula is CH2N2O3. The van der Waals surface area contributed by atoms with E-state index in [0.29, 0.717) is 0 Å². The fourth-order valence-corrected chi connectivity index (χ4v) is 0.0422. The lowest BCUT2D eigenvalue weighted by atomic mass is 11.4. The maximum Gasteiger partial charge on any atom is 0.373 e. The molecule has 1 N–H and O–H groups in total. The lowest BCUT2D eigenvalue weighted by Crippen LogP contribution is -1.90. The minimum atomic E-state index is -0.861. The Morgan fingerprint density at radius 1 is 2.00 bits per heavy atom. The second-order valence-electron chi connectivity index (χ2n) is 0.516. The topological polar surface area (TPSA) is 75.7 Å². The molecule has 0 rings (SSSR count). The predicted molar refractivity (Wildman–Crippen MR) is 17.3 cm³/mol. The zero-order valence-electron chi connectivity index (χ0n) is 2.74. The molecule has 0 bridgehead atoms. The largest absolute Gasteiger partial charge is 0.373 e. The summed E-state index contributed by atoms with van der Waals surface area (Å²) in [6.45, 7) is 0. The molecular weight excluding hydrogens is 88.0 g/mol. The maximum atomic E-state index is 9.10. The highest BCUT2D eigenvalue weighted by Crippen LogP contribution is 1.53. The molecule has 0 atom stereocenters. The molecule has 0 fully saturated rings. The van der Waals surface area contributed by atoms with Crippen LogP contribution in [0.2, 0.25) is 0 Å². The van der Waals surface area contributed by atoms with Crippen LogP contribution in [0.5, 0.6) is 0 Å². The standard InChI is InChI=1S/CH2N2O3/c4-2-1-3(5)6/h1,4H. The van der Waals surface area contributed by atoms with Crippen molar-refractivity contribution in [1.29, 1.82) is 0 Å². The third kappa shape index (κ3) is 2.87. The first-order valence-electron chi connectivity index (χ1n) is 1.08. The minimum Gasteiger partial charge on any atom is -0.358 e. The minimum absolute atomic E-state index is 0.194. The van der Waals surface area contributed by atoms with Gasteiger partial charge in [0, 0.05) is 0 Å². The van der Waals surface area contributed by atoms with Crippen LogP contribution >= 0.6 is 0 Å². The predicted octanol–water partition coefficient (Wildman–Crippen LogP) is -0.319. The lowest BCUT2D eigenvalue weighted by molar-refractivity contribution is -0.340. The second-order valence-corrected chi connectivity index (χ2v) is 0.516. The summed E-state index contributed by atoms with van der Waals surface area (Å²) >= 11 is 0. The van der Waals surface area contributed by atoms with E-state index in [1.807, 2.05) is 0 Å². The van der Waals surface area contributed by atoms with Gasteiger partial charge in [-0.05, 0) is 4.92 Å². The first kappa shape index (κ1) is 4.87. The number of hydrogen-bond acceptors (Lipinski definition) is 4. The van der Waals surface area contributed by atoms with E-state index in [0.717, 1.165) is 0 Å². The molecule has 0 spiro atoms. The monoisotopic (exact) mass is 90.0 g/mol. The Bertz CT molecular complexity index is 76.9. The van der Waals surface area contributed by atoms with Gasteiger partial charge in [0.25, 0.3) is 0 Å². The SMILES string of the molecule is O=[N+]([O-])C=NO. The molecule has 5 nitrogen and oxygen atoms in total. The van der Waals surface area contributed by atoms with Gasteiger partial charge in [0.15, 0.2) is 0 Å². The molecule has 6 heavy (non-hydrogen) atoms. The number of nitrogens with zero attached hydrogens (tertiary/aromatic N) is 2. The van der Waals surface area contributed by atoms with Crippen LogP contribution in [-0.4, -0.2) is 16.5 Å². The van der Waals surface area contributed by atoms with E-state index < -0.39 is 4.92 Å². The van der Waals surface area contributed by atoms with E-state index in [1.54, 1.807) is 0 Å². The van der Waals surface area contributed by atoms with Crippen molar-refractivity contribution in [2.75, 3.05) is 0 Å². The van der Waals surface area contributed by atoms with Crippen LogP contribution in [0.1, 0.15) is 0 Å². The lowest BCUT2D eigenvalue weighted by Gasteiger charge is -1.72. The van der Waals surface area contributed by atoms with E-state index in [2.05, 4.69) is 5.16 Å². The van der Waals surface area contributed by atoms with Crippen molar-refractivity contribution in [2.24, 2.45) is 5.16 Å². The molecule has 0 saturated heterocycles. The molecule has 0 radical (unpaired) electrons. The highest BCUT2D eigenvalue weighted by molar-refractivity contribution is 5.41. The second kappa shape index (κ2) is 2.13. The first-order valence-corrected chi connectivity index (χ1v) is 1.08. The quantitative estimate of drug-likeness (QED) is 0.157. The van der Waals surface area contributed by atoms with Crippen LogP contribution in [-0.2, 0) is 0 Å². The Morgan fingerprint density at radius 2 is 2.50 bits per heavy atom. The molecule has 0 aliphatic heterocycles. The molecule has 0 amide bonds. The van der Waals surface area contributed by atoms with E-state index in [4.69, 9.17) is 15.3 Å². The molecule has 0 saturated carbocycles. The summed E-state index contributed by atoms with van der Waals surface area (Å²) < 4.78 is 0. The summed E-state index contributed by atoms with van der Waals surface area (Å²) in [6.07, 6.45) is 0.194. The number of hydrogen-bond donors (Lipinski definition) is 1. The Labute approximate surface area is 33.0 Å². The summed E-state index contributed by atoms with van der Waals surface area (Å²) in [5.41, 5.74) is 0. The Balaban J connectivity index is 3.30. The van der Waals surface area contributed by atoms with Gasteiger partial charge in [-0.3, -0.25) is 0 Å². The van der Waals surface area contributed by atoms with Gasteiger partial charge in [-0.2, -0.15) is 0 Å². The normalized spacial score (nSPS) is 9.33. The Hall–Kier alpha value is -1.13. The Kier molecular flexibility index (Phi) is 1.73. The summed E-state index contributed by atoms with van der Waals surface area (Å²) in [5.74, 6) is 0. The van der Waals surface area contributed by atoms with Crippen LogP contribution in [0, 0.1) is 10.1 Å². The highest BCUT2D eigenvalue weighted by Gasteiger charge is 1.76. The fraction of sp³-hybridized carbons (Fsp3) is 0. The van der Waals surface area contributed by atoms with Gasteiger partial charge in [0.2, 0.25) is 0 Å². The molecule has 34 valence electrons. The summed E-state index contributed by atoms with van der Waals surface area (Å²) in [4.78, 5) is 8.23. The average molecular weight is 90.0 g/mol. The van der Waals surface area contributed by atoms with Crippen molar-refractivity contribution in [3.63, 3.8) is 0 Å². The Morgan fingerprint density at radius 3 is 2.50 bits per heavy atom. The van der Waals surface area contributed by atoms with E-state index >= 15 is 0 Å². The molecule has 0 aromatic carbocycles. The summed E-state index contributed by atoms with van der Waals surface area (Å²) in [7, 11) is 0. The number of rotatable bonds is 1. The van der Waals surface area contributed by atoms with Gasteiger partial charge >= 0.3 is 6.34 Å². The van der Waals surface area contributed by atoms with Crippen molar-refractivity contribution < 1.29 is 10.1 Å². The number of oxime groups is 1. The number of nitro groups is 1. The van der Waals surface area contributed by atoms with E-state index in [9.17, 15) is 0 Å². The van der Waals surface area contributed by atoms with Crippen LogP contribution in [0.15, 0.2) is 5.16 Å². The maximum absolute atomic E-state index is 9.10. The van der Waals surface area contributed by atoms with Gasteiger partial charge in [0.1, 0.15) is 5.16 Å². The average Bonchev–Trinajstić information content (AvgIpc) is 1.35. The molecule has 0 unspecified atom stereocenters. The molecule has 0 aromatic rings. The zero-order valence-corrected chi connectivity index (χ0v) is 2.74. The van der Waals surface area contributed by atoms with Gasteiger partial charge < -0.3 is 15.3 Å². The van der Waals surface area contributed by atoms with Gasteiger partial charge in [-0.25, -0.2) is 0 Å². The smallest absolute Gasteiger partial charge is 0.358 e. The molecule has 5 heteroatoms. The first-order chi connectivity index (χ1) is 2.77. The highest BCUT2D eigenvalue weighted by atomic mass is 16.6. The van der Waals surface area contributed by atoms with Gasteiger partial charge in [0.05, 0.1) is 0 Å². The molecule has 0 aromatic heterocycles. The van der Waals surface area contributed by atoms with Crippen LogP contribution < -0.4 is 0 Å². The van der Waals surface area contributed by atoms with Crippen LogP contribution in [0.4, 0.5) is 0 Å².